The van der Waals surface area contributed by atoms with E-state index in [4.69, 9.17) is 5.73 Å². The molecule has 0 saturated heterocycles. The summed E-state index contributed by atoms with van der Waals surface area (Å²) in [6.45, 7) is 3.05. The van der Waals surface area contributed by atoms with Crippen LogP contribution >= 0.6 is 11.8 Å². The summed E-state index contributed by atoms with van der Waals surface area (Å²) in [7, 11) is 0. The number of benzene rings is 1. The first-order chi connectivity index (χ1) is 6.34. The van der Waals surface area contributed by atoms with Gasteiger partial charge in [0.1, 0.15) is 0 Å². The van der Waals surface area contributed by atoms with Crippen LogP contribution in [0.3, 0.4) is 0 Å². The van der Waals surface area contributed by atoms with Gasteiger partial charge in [-0.1, -0.05) is 30.3 Å². The van der Waals surface area contributed by atoms with Crippen LogP contribution in [-0.2, 0) is 0 Å². The molecule has 1 aromatic carbocycles. The quantitative estimate of drug-likeness (QED) is 0.731. The third-order valence-corrected chi connectivity index (χ3v) is 3.28. The minimum absolute atomic E-state index is 0.591. The van der Waals surface area contributed by atoms with Crippen LogP contribution in [0.5, 0.6) is 0 Å². The number of hydrogen-bond donors (Lipinski definition) is 1. The monoisotopic (exact) mass is 195 g/mol. The molecular weight excluding hydrogens is 178 g/mol. The summed E-state index contributed by atoms with van der Waals surface area (Å²) in [6, 6.07) is 10.6. The summed E-state index contributed by atoms with van der Waals surface area (Å²) in [4.78, 5) is 0. The van der Waals surface area contributed by atoms with Crippen LogP contribution in [0.25, 0.3) is 0 Å². The molecule has 0 aliphatic rings. The Kier molecular flexibility index (Phi) is 4.94. The molecule has 0 fully saturated rings. The highest BCUT2D eigenvalue weighted by atomic mass is 32.2. The molecule has 1 unspecified atom stereocenters. The lowest BCUT2D eigenvalue weighted by atomic mass is 10.2. The molecule has 13 heavy (non-hydrogen) atoms. The Morgan fingerprint density at radius 2 is 2.00 bits per heavy atom. The standard InChI is InChI=1S/C11H17NS/c1-10(13-9-5-8-12)11-6-3-2-4-7-11/h2-4,6-7,10H,5,8-9,12H2,1H3. The molecule has 0 heterocycles. The molecule has 72 valence electrons. The van der Waals surface area contributed by atoms with Gasteiger partial charge >= 0.3 is 0 Å². The summed E-state index contributed by atoms with van der Waals surface area (Å²) >= 11 is 1.97. The minimum Gasteiger partial charge on any atom is -0.330 e. The second kappa shape index (κ2) is 6.06. The molecule has 1 atom stereocenters. The Morgan fingerprint density at radius 1 is 1.31 bits per heavy atom. The van der Waals surface area contributed by atoms with E-state index in [2.05, 4.69) is 37.3 Å². The Morgan fingerprint density at radius 3 is 2.62 bits per heavy atom. The van der Waals surface area contributed by atoms with Gasteiger partial charge in [0.15, 0.2) is 0 Å². The predicted octanol–water partition coefficient (Wildman–Crippen LogP) is 2.83. The Hall–Kier alpha value is -0.470. The van der Waals surface area contributed by atoms with Crippen molar-refractivity contribution in [1.82, 2.24) is 0 Å². The van der Waals surface area contributed by atoms with Gasteiger partial charge in [-0.05, 0) is 31.2 Å². The van der Waals surface area contributed by atoms with E-state index in [9.17, 15) is 0 Å². The zero-order chi connectivity index (χ0) is 9.52. The van der Waals surface area contributed by atoms with Gasteiger partial charge in [-0.2, -0.15) is 11.8 Å². The topological polar surface area (TPSA) is 26.0 Å². The summed E-state index contributed by atoms with van der Waals surface area (Å²) in [5.74, 6) is 1.16. The fourth-order valence-electron chi connectivity index (χ4n) is 1.16. The van der Waals surface area contributed by atoms with Crippen LogP contribution in [-0.4, -0.2) is 12.3 Å². The van der Waals surface area contributed by atoms with Gasteiger partial charge in [-0.25, -0.2) is 0 Å². The average Bonchev–Trinajstić information content (AvgIpc) is 2.19. The fourth-order valence-corrected chi connectivity index (χ4v) is 2.20. The van der Waals surface area contributed by atoms with Gasteiger partial charge in [-0.15, -0.1) is 0 Å². The number of nitrogens with two attached hydrogens (primary N) is 1. The van der Waals surface area contributed by atoms with Crippen LogP contribution in [0.2, 0.25) is 0 Å². The van der Waals surface area contributed by atoms with E-state index in [-0.39, 0.29) is 0 Å². The van der Waals surface area contributed by atoms with Crippen molar-refractivity contribution in [2.75, 3.05) is 12.3 Å². The maximum Gasteiger partial charge on any atom is 0.0269 e. The third kappa shape index (κ3) is 3.83. The lowest BCUT2D eigenvalue weighted by Gasteiger charge is -2.10. The second-order valence-corrected chi connectivity index (χ2v) is 4.51. The Labute approximate surface area is 84.7 Å². The molecule has 0 aromatic heterocycles. The Balaban J connectivity index is 2.35. The van der Waals surface area contributed by atoms with E-state index in [1.165, 1.54) is 5.56 Å². The molecule has 0 aliphatic carbocycles. The van der Waals surface area contributed by atoms with Crippen molar-refractivity contribution in [3.8, 4) is 0 Å². The van der Waals surface area contributed by atoms with Crippen molar-refractivity contribution >= 4 is 11.8 Å². The van der Waals surface area contributed by atoms with Crippen molar-refractivity contribution in [3.63, 3.8) is 0 Å². The summed E-state index contributed by atoms with van der Waals surface area (Å²) in [6.07, 6.45) is 1.11. The van der Waals surface area contributed by atoms with Gasteiger partial charge in [-0.3, -0.25) is 0 Å². The lowest BCUT2D eigenvalue weighted by molar-refractivity contribution is 0.937. The lowest BCUT2D eigenvalue weighted by Crippen LogP contribution is -2.00. The van der Waals surface area contributed by atoms with Crippen LogP contribution < -0.4 is 5.73 Å². The zero-order valence-electron chi connectivity index (χ0n) is 8.07. The minimum atomic E-state index is 0.591. The molecule has 0 amide bonds. The fraction of sp³-hybridized carbons (Fsp3) is 0.455. The molecule has 2 heteroatoms. The normalized spacial score (nSPS) is 12.8. The van der Waals surface area contributed by atoms with Gasteiger partial charge in [0.25, 0.3) is 0 Å². The van der Waals surface area contributed by atoms with Gasteiger partial charge in [0, 0.05) is 5.25 Å². The first-order valence-corrected chi connectivity index (χ1v) is 5.76. The van der Waals surface area contributed by atoms with E-state index < -0.39 is 0 Å². The number of hydrogen-bond acceptors (Lipinski definition) is 2. The largest absolute Gasteiger partial charge is 0.330 e. The molecule has 0 saturated carbocycles. The summed E-state index contributed by atoms with van der Waals surface area (Å²) in [5, 5.41) is 0.591. The molecule has 2 N–H and O–H groups in total. The summed E-state index contributed by atoms with van der Waals surface area (Å²) < 4.78 is 0. The third-order valence-electron chi connectivity index (χ3n) is 1.99. The van der Waals surface area contributed by atoms with E-state index in [1.807, 2.05) is 11.8 Å². The number of thioether (sulfide) groups is 1. The Bertz CT molecular complexity index is 223. The number of rotatable bonds is 5. The van der Waals surface area contributed by atoms with Crippen molar-refractivity contribution in [3.05, 3.63) is 35.9 Å². The van der Waals surface area contributed by atoms with Gasteiger partial charge in [0.2, 0.25) is 0 Å². The maximum atomic E-state index is 5.44. The van der Waals surface area contributed by atoms with Crippen LogP contribution in [0.1, 0.15) is 24.2 Å². The zero-order valence-corrected chi connectivity index (χ0v) is 8.89. The SMILES string of the molecule is CC(SCCCN)c1ccccc1. The molecule has 0 spiro atoms. The van der Waals surface area contributed by atoms with Crippen LogP contribution in [0, 0.1) is 0 Å². The highest BCUT2D eigenvalue weighted by Crippen LogP contribution is 2.27. The van der Waals surface area contributed by atoms with Crippen molar-refractivity contribution in [2.45, 2.75) is 18.6 Å². The smallest absolute Gasteiger partial charge is 0.0269 e. The highest BCUT2D eigenvalue weighted by Gasteiger charge is 2.03. The van der Waals surface area contributed by atoms with E-state index in [1.54, 1.807) is 0 Å². The van der Waals surface area contributed by atoms with E-state index in [0.717, 1.165) is 18.7 Å². The molecule has 1 nitrogen and oxygen atoms in total. The van der Waals surface area contributed by atoms with E-state index in [0.29, 0.717) is 5.25 Å². The predicted molar refractivity (Wildman–Crippen MR) is 61.0 cm³/mol. The molecular formula is C11H17NS. The highest BCUT2D eigenvalue weighted by molar-refractivity contribution is 7.99. The summed E-state index contributed by atoms with van der Waals surface area (Å²) in [5.41, 5.74) is 6.85. The van der Waals surface area contributed by atoms with Crippen molar-refractivity contribution < 1.29 is 0 Å². The maximum absolute atomic E-state index is 5.44. The molecule has 0 radical (unpaired) electrons. The first-order valence-electron chi connectivity index (χ1n) is 4.71. The van der Waals surface area contributed by atoms with E-state index >= 15 is 0 Å². The molecule has 1 aromatic rings. The van der Waals surface area contributed by atoms with Crippen LogP contribution in [0.4, 0.5) is 0 Å². The van der Waals surface area contributed by atoms with Crippen molar-refractivity contribution in [1.29, 1.82) is 0 Å². The average molecular weight is 195 g/mol. The molecule has 0 aliphatic heterocycles. The van der Waals surface area contributed by atoms with Crippen molar-refractivity contribution in [2.24, 2.45) is 5.73 Å². The second-order valence-electron chi connectivity index (χ2n) is 3.07. The first kappa shape index (κ1) is 10.6. The van der Waals surface area contributed by atoms with Gasteiger partial charge < -0.3 is 5.73 Å². The van der Waals surface area contributed by atoms with Crippen LogP contribution in [0.15, 0.2) is 30.3 Å². The molecule has 0 bridgehead atoms. The van der Waals surface area contributed by atoms with Gasteiger partial charge in [0.05, 0.1) is 0 Å². The molecule has 1 rings (SSSR count).